The number of amides is 1. The second-order valence-electron chi connectivity index (χ2n) is 5.56. The second kappa shape index (κ2) is 5.11. The van der Waals surface area contributed by atoms with Gasteiger partial charge in [-0.2, -0.15) is 0 Å². The van der Waals surface area contributed by atoms with Crippen molar-refractivity contribution in [1.82, 2.24) is 9.88 Å². The zero-order valence-corrected chi connectivity index (χ0v) is 13.1. The first kappa shape index (κ1) is 14.0. The van der Waals surface area contributed by atoms with Crippen molar-refractivity contribution < 1.29 is 9.63 Å². The number of para-hydroxylation sites is 1. The lowest BCUT2D eigenvalue weighted by molar-refractivity contribution is -0.152. The molecule has 0 saturated carbocycles. The fourth-order valence-corrected chi connectivity index (χ4v) is 3.53. The van der Waals surface area contributed by atoms with Crippen molar-refractivity contribution in [3.8, 4) is 0 Å². The van der Waals surface area contributed by atoms with Crippen molar-refractivity contribution >= 4 is 33.2 Å². The molecule has 3 rings (SSSR count). The molecule has 1 amide bonds. The molecule has 1 aromatic carbocycles. The number of carbonyl (C=O) groups is 1. The minimum atomic E-state index is -0.879. The summed E-state index contributed by atoms with van der Waals surface area (Å²) in [6.07, 6.45) is 0.538. The lowest BCUT2D eigenvalue weighted by Gasteiger charge is -2.26. The van der Waals surface area contributed by atoms with Crippen molar-refractivity contribution in [3.63, 3.8) is 0 Å². The van der Waals surface area contributed by atoms with Gasteiger partial charge in [-0.05, 0) is 26.0 Å². The molecular formula is C15H17N3O2S. The summed E-state index contributed by atoms with van der Waals surface area (Å²) in [5, 5.41) is 4.81. The molecule has 2 heterocycles. The molecule has 1 aliphatic heterocycles. The average Bonchev–Trinajstić information content (AvgIpc) is 3.01. The SMILES string of the molecule is CC1=NO[C@@](C)(C(=O)N(C)Cc2nc3ccccc3s2)C1. The van der Waals surface area contributed by atoms with Crippen LogP contribution in [0.4, 0.5) is 0 Å². The van der Waals surface area contributed by atoms with E-state index in [-0.39, 0.29) is 5.91 Å². The number of thiazole rings is 1. The normalized spacial score (nSPS) is 21.2. The first-order valence-electron chi connectivity index (χ1n) is 6.79. The Labute approximate surface area is 127 Å². The van der Waals surface area contributed by atoms with Crippen LogP contribution < -0.4 is 0 Å². The van der Waals surface area contributed by atoms with E-state index < -0.39 is 5.60 Å². The van der Waals surface area contributed by atoms with Gasteiger partial charge in [0, 0.05) is 13.5 Å². The Hall–Kier alpha value is -1.95. The number of likely N-dealkylation sites (N-methyl/N-ethyl adjacent to an activating group) is 1. The number of carbonyl (C=O) groups excluding carboxylic acids is 1. The number of oxime groups is 1. The number of fused-ring (bicyclic) bond motifs is 1. The van der Waals surface area contributed by atoms with Gasteiger partial charge in [0.25, 0.3) is 5.91 Å². The van der Waals surface area contributed by atoms with Gasteiger partial charge in [0.15, 0.2) is 0 Å². The molecule has 6 heteroatoms. The summed E-state index contributed by atoms with van der Waals surface area (Å²) in [7, 11) is 1.77. The standard InChI is InChI=1S/C15H17N3O2S/c1-10-8-15(2,20-17-10)14(19)18(3)9-13-16-11-6-4-5-7-12(11)21-13/h4-7H,8-9H2,1-3H3/t15-/m1/s1. The predicted molar refractivity (Wildman–Crippen MR) is 83.3 cm³/mol. The molecule has 0 radical (unpaired) electrons. The summed E-state index contributed by atoms with van der Waals surface area (Å²) >= 11 is 1.61. The van der Waals surface area contributed by atoms with Gasteiger partial charge in [-0.15, -0.1) is 11.3 Å². The van der Waals surface area contributed by atoms with E-state index in [9.17, 15) is 4.79 Å². The van der Waals surface area contributed by atoms with Crippen LogP contribution in [-0.2, 0) is 16.2 Å². The quantitative estimate of drug-likeness (QED) is 0.876. The van der Waals surface area contributed by atoms with Crippen LogP contribution in [0.25, 0.3) is 10.2 Å². The third-order valence-corrected chi connectivity index (χ3v) is 4.53. The van der Waals surface area contributed by atoms with Gasteiger partial charge in [-0.3, -0.25) is 4.79 Å². The van der Waals surface area contributed by atoms with Gasteiger partial charge in [-0.1, -0.05) is 17.3 Å². The van der Waals surface area contributed by atoms with Crippen molar-refractivity contribution in [2.45, 2.75) is 32.4 Å². The average molecular weight is 303 g/mol. The van der Waals surface area contributed by atoms with Gasteiger partial charge in [-0.25, -0.2) is 4.98 Å². The number of benzene rings is 1. The summed E-state index contributed by atoms with van der Waals surface area (Å²) in [5.74, 6) is -0.0673. The minimum absolute atomic E-state index is 0.0673. The van der Waals surface area contributed by atoms with Crippen LogP contribution in [0.2, 0.25) is 0 Å². The highest BCUT2D eigenvalue weighted by molar-refractivity contribution is 7.18. The fourth-order valence-electron chi connectivity index (χ4n) is 2.51. The first-order chi connectivity index (χ1) is 9.98. The summed E-state index contributed by atoms with van der Waals surface area (Å²) in [5.41, 5.74) is 0.940. The molecule has 0 bridgehead atoms. The molecule has 0 spiro atoms. The minimum Gasteiger partial charge on any atom is -0.379 e. The van der Waals surface area contributed by atoms with Gasteiger partial charge in [0.2, 0.25) is 5.60 Å². The van der Waals surface area contributed by atoms with Gasteiger partial charge in [0.05, 0.1) is 22.5 Å². The highest BCUT2D eigenvalue weighted by Gasteiger charge is 2.42. The van der Waals surface area contributed by atoms with E-state index in [2.05, 4.69) is 10.1 Å². The van der Waals surface area contributed by atoms with Crippen LogP contribution in [0, 0.1) is 0 Å². The molecule has 0 N–H and O–H groups in total. The smallest absolute Gasteiger partial charge is 0.269 e. The van der Waals surface area contributed by atoms with Crippen molar-refractivity contribution in [3.05, 3.63) is 29.3 Å². The molecule has 110 valence electrons. The molecule has 1 aliphatic rings. The summed E-state index contributed by atoms with van der Waals surface area (Å²) < 4.78 is 1.14. The van der Waals surface area contributed by atoms with Crippen LogP contribution in [0.15, 0.2) is 29.4 Å². The maximum Gasteiger partial charge on any atom is 0.269 e. The van der Waals surface area contributed by atoms with Gasteiger partial charge in [0.1, 0.15) is 5.01 Å². The third kappa shape index (κ3) is 2.63. The Bertz CT molecular complexity index is 692. The predicted octanol–water partition coefficient (Wildman–Crippen LogP) is 2.81. The van der Waals surface area contributed by atoms with E-state index in [0.717, 1.165) is 20.9 Å². The molecule has 0 saturated heterocycles. The molecule has 0 unspecified atom stereocenters. The van der Waals surface area contributed by atoms with E-state index in [1.165, 1.54) is 0 Å². The van der Waals surface area contributed by atoms with E-state index in [0.29, 0.717) is 13.0 Å². The van der Waals surface area contributed by atoms with Crippen molar-refractivity contribution in [1.29, 1.82) is 0 Å². The van der Waals surface area contributed by atoms with Crippen molar-refractivity contribution in [2.75, 3.05) is 7.05 Å². The summed E-state index contributed by atoms with van der Waals surface area (Å²) in [4.78, 5) is 24.1. The Morgan fingerprint density at radius 1 is 1.48 bits per heavy atom. The topological polar surface area (TPSA) is 54.8 Å². The second-order valence-corrected chi connectivity index (χ2v) is 6.68. The Morgan fingerprint density at radius 2 is 2.24 bits per heavy atom. The Balaban J connectivity index is 1.74. The lowest BCUT2D eigenvalue weighted by atomic mass is 9.99. The fraction of sp³-hybridized carbons (Fsp3) is 0.400. The van der Waals surface area contributed by atoms with Gasteiger partial charge >= 0.3 is 0 Å². The third-order valence-electron chi connectivity index (χ3n) is 3.51. The zero-order chi connectivity index (χ0) is 15.0. The molecular weight excluding hydrogens is 286 g/mol. The van der Waals surface area contributed by atoms with Crippen LogP contribution in [0.1, 0.15) is 25.3 Å². The summed E-state index contributed by atoms with van der Waals surface area (Å²) in [6, 6.07) is 7.98. The number of nitrogens with zero attached hydrogens (tertiary/aromatic N) is 3. The van der Waals surface area contributed by atoms with E-state index >= 15 is 0 Å². The monoisotopic (exact) mass is 303 g/mol. The lowest BCUT2D eigenvalue weighted by Crippen LogP contribution is -2.45. The maximum atomic E-state index is 12.5. The zero-order valence-electron chi connectivity index (χ0n) is 12.3. The van der Waals surface area contributed by atoms with E-state index in [1.807, 2.05) is 31.2 Å². The van der Waals surface area contributed by atoms with E-state index in [1.54, 1.807) is 30.2 Å². The molecule has 0 aliphatic carbocycles. The first-order valence-corrected chi connectivity index (χ1v) is 7.61. The van der Waals surface area contributed by atoms with Crippen LogP contribution in [0.3, 0.4) is 0 Å². The van der Waals surface area contributed by atoms with Gasteiger partial charge < -0.3 is 9.74 Å². The van der Waals surface area contributed by atoms with E-state index in [4.69, 9.17) is 4.84 Å². The van der Waals surface area contributed by atoms with Crippen LogP contribution in [-0.4, -0.2) is 34.2 Å². The van der Waals surface area contributed by atoms with Crippen molar-refractivity contribution in [2.24, 2.45) is 5.16 Å². The Kier molecular flexibility index (Phi) is 3.41. The van der Waals surface area contributed by atoms with Crippen LogP contribution in [0.5, 0.6) is 0 Å². The molecule has 0 fully saturated rings. The molecule has 5 nitrogen and oxygen atoms in total. The number of rotatable bonds is 3. The largest absolute Gasteiger partial charge is 0.379 e. The maximum absolute atomic E-state index is 12.5. The Morgan fingerprint density at radius 3 is 2.90 bits per heavy atom. The van der Waals surface area contributed by atoms with Crippen LogP contribution >= 0.6 is 11.3 Å². The highest BCUT2D eigenvalue weighted by atomic mass is 32.1. The molecule has 1 atom stereocenters. The number of hydrogen-bond donors (Lipinski definition) is 0. The molecule has 1 aromatic heterocycles. The molecule has 21 heavy (non-hydrogen) atoms. The number of aromatic nitrogens is 1. The number of hydrogen-bond acceptors (Lipinski definition) is 5. The summed E-state index contributed by atoms with van der Waals surface area (Å²) in [6.45, 7) is 4.13. The highest BCUT2D eigenvalue weighted by Crippen LogP contribution is 2.27. The molecule has 2 aromatic rings.